The van der Waals surface area contributed by atoms with Crippen LogP contribution in [0.25, 0.3) is 0 Å². The molecule has 0 bridgehead atoms. The summed E-state index contributed by atoms with van der Waals surface area (Å²) in [4.78, 5) is 0. The van der Waals surface area contributed by atoms with Gasteiger partial charge in [0.05, 0.1) is 4.75 Å². The minimum atomic E-state index is -1.20. The van der Waals surface area contributed by atoms with E-state index in [9.17, 15) is 4.21 Å². The van der Waals surface area contributed by atoms with E-state index in [1.54, 1.807) is 6.21 Å². The molecule has 0 saturated heterocycles. The van der Waals surface area contributed by atoms with Crippen LogP contribution in [-0.2, 0) is 11.0 Å². The normalized spacial score (nSPS) is 14.3. The van der Waals surface area contributed by atoms with Crippen LogP contribution in [0.4, 0.5) is 0 Å². The van der Waals surface area contributed by atoms with Crippen molar-refractivity contribution in [3.63, 3.8) is 0 Å². The fourth-order valence-electron chi connectivity index (χ4n) is 1.02. The SMILES string of the molecule is Cc1ccc(Br)c(/C=N/[S@@](=O)C(C)(C)C)c1. The highest BCUT2D eigenvalue weighted by atomic mass is 79.9. The van der Waals surface area contributed by atoms with Crippen LogP contribution in [0.15, 0.2) is 27.1 Å². The van der Waals surface area contributed by atoms with Crippen molar-refractivity contribution in [1.82, 2.24) is 0 Å². The molecule has 0 heterocycles. The first-order chi connectivity index (χ1) is 7.30. The van der Waals surface area contributed by atoms with Gasteiger partial charge in [0.2, 0.25) is 0 Å². The maximum Gasteiger partial charge on any atom is 0.144 e. The van der Waals surface area contributed by atoms with Gasteiger partial charge in [-0.25, -0.2) is 4.21 Å². The molecule has 0 radical (unpaired) electrons. The van der Waals surface area contributed by atoms with E-state index in [1.807, 2.05) is 45.9 Å². The number of halogens is 1. The first-order valence-corrected chi connectivity index (χ1v) is 6.93. The van der Waals surface area contributed by atoms with Crippen LogP contribution >= 0.6 is 15.9 Å². The number of hydrogen-bond acceptors (Lipinski definition) is 1. The molecule has 0 saturated carbocycles. The molecule has 0 N–H and O–H groups in total. The van der Waals surface area contributed by atoms with Crippen molar-refractivity contribution in [3.8, 4) is 0 Å². The molecular weight excluding hydrogens is 286 g/mol. The van der Waals surface area contributed by atoms with Gasteiger partial charge in [-0.15, -0.1) is 0 Å². The van der Waals surface area contributed by atoms with Gasteiger partial charge < -0.3 is 0 Å². The Morgan fingerprint density at radius 2 is 2.00 bits per heavy atom. The summed E-state index contributed by atoms with van der Waals surface area (Å²) in [6.07, 6.45) is 1.67. The van der Waals surface area contributed by atoms with Crippen LogP contribution < -0.4 is 0 Å². The summed E-state index contributed by atoms with van der Waals surface area (Å²) >= 11 is 3.44. The fraction of sp³-hybridized carbons (Fsp3) is 0.417. The molecule has 0 aliphatic rings. The van der Waals surface area contributed by atoms with E-state index >= 15 is 0 Å². The van der Waals surface area contributed by atoms with Crippen molar-refractivity contribution in [1.29, 1.82) is 0 Å². The van der Waals surface area contributed by atoms with Gasteiger partial charge >= 0.3 is 0 Å². The van der Waals surface area contributed by atoms with Gasteiger partial charge in [-0.1, -0.05) is 27.6 Å². The van der Waals surface area contributed by atoms with Crippen LogP contribution in [0, 0.1) is 6.92 Å². The Morgan fingerprint density at radius 1 is 1.38 bits per heavy atom. The summed E-state index contributed by atoms with van der Waals surface area (Å²) in [6, 6.07) is 5.99. The van der Waals surface area contributed by atoms with E-state index in [-0.39, 0.29) is 4.75 Å². The number of hydrogen-bond donors (Lipinski definition) is 0. The maximum atomic E-state index is 11.7. The minimum absolute atomic E-state index is 0.313. The van der Waals surface area contributed by atoms with Crippen molar-refractivity contribution in [2.45, 2.75) is 32.4 Å². The largest absolute Gasteiger partial charge is 0.234 e. The van der Waals surface area contributed by atoms with E-state index in [4.69, 9.17) is 0 Å². The predicted molar refractivity (Wildman–Crippen MR) is 74.4 cm³/mol. The highest BCUT2D eigenvalue weighted by Crippen LogP contribution is 2.17. The molecule has 0 aliphatic heterocycles. The molecular formula is C12H16BrNOS. The quantitative estimate of drug-likeness (QED) is 0.767. The third kappa shape index (κ3) is 3.83. The third-order valence-electron chi connectivity index (χ3n) is 1.96. The lowest BCUT2D eigenvalue weighted by molar-refractivity contribution is 0.651. The Morgan fingerprint density at radius 3 is 2.56 bits per heavy atom. The summed E-state index contributed by atoms with van der Waals surface area (Å²) in [6.45, 7) is 7.74. The van der Waals surface area contributed by atoms with Gasteiger partial charge in [0.1, 0.15) is 11.0 Å². The lowest BCUT2D eigenvalue weighted by Crippen LogP contribution is -2.19. The van der Waals surface area contributed by atoms with E-state index in [0.29, 0.717) is 0 Å². The van der Waals surface area contributed by atoms with Crippen molar-refractivity contribution in [3.05, 3.63) is 33.8 Å². The van der Waals surface area contributed by atoms with Crippen LogP contribution in [0.3, 0.4) is 0 Å². The fourth-order valence-corrected chi connectivity index (χ4v) is 1.90. The molecule has 0 aliphatic carbocycles. The molecule has 1 rings (SSSR count). The number of nitrogens with zero attached hydrogens (tertiary/aromatic N) is 1. The topological polar surface area (TPSA) is 29.4 Å². The average molecular weight is 302 g/mol. The van der Waals surface area contributed by atoms with Gasteiger partial charge in [0.15, 0.2) is 0 Å². The highest BCUT2D eigenvalue weighted by Gasteiger charge is 2.18. The molecule has 0 fully saturated rings. The second-order valence-corrected chi connectivity index (χ2v) is 7.41. The first-order valence-electron chi connectivity index (χ1n) is 5.03. The van der Waals surface area contributed by atoms with E-state index in [1.165, 1.54) is 0 Å². The standard InChI is InChI=1S/C12H16BrNOS/c1-9-5-6-11(13)10(7-9)8-14-16(15)12(2,3)4/h5-8H,1-4H3/b14-8+/t16-/m0/s1. The first kappa shape index (κ1) is 13.6. The summed E-state index contributed by atoms with van der Waals surface area (Å²) in [5.41, 5.74) is 2.11. The van der Waals surface area contributed by atoms with Crippen LogP contribution in [0.5, 0.6) is 0 Å². The molecule has 1 aromatic rings. The molecule has 16 heavy (non-hydrogen) atoms. The average Bonchev–Trinajstić information content (AvgIpc) is 2.17. The number of rotatable bonds is 2. The molecule has 1 aromatic carbocycles. The van der Waals surface area contributed by atoms with E-state index in [2.05, 4.69) is 20.3 Å². The van der Waals surface area contributed by atoms with Crippen LogP contribution in [0.1, 0.15) is 31.9 Å². The Hall–Kier alpha value is -0.480. The molecule has 88 valence electrons. The van der Waals surface area contributed by atoms with Gasteiger partial charge in [-0.2, -0.15) is 4.40 Å². The van der Waals surface area contributed by atoms with Gasteiger partial charge in [-0.3, -0.25) is 0 Å². The molecule has 0 amide bonds. The molecule has 1 atom stereocenters. The van der Waals surface area contributed by atoms with Crippen molar-refractivity contribution >= 4 is 33.1 Å². The molecule has 0 aromatic heterocycles. The Bertz CT molecular complexity index is 435. The highest BCUT2D eigenvalue weighted by molar-refractivity contribution is 9.10. The Kier molecular flexibility index (Phi) is 4.44. The zero-order valence-electron chi connectivity index (χ0n) is 9.95. The lowest BCUT2D eigenvalue weighted by atomic mass is 10.2. The molecule has 0 unspecified atom stereocenters. The second kappa shape index (κ2) is 5.23. The van der Waals surface area contributed by atoms with Crippen molar-refractivity contribution < 1.29 is 4.21 Å². The monoisotopic (exact) mass is 301 g/mol. The van der Waals surface area contributed by atoms with Crippen LogP contribution in [0.2, 0.25) is 0 Å². The lowest BCUT2D eigenvalue weighted by Gasteiger charge is -2.12. The van der Waals surface area contributed by atoms with Gasteiger partial charge in [0, 0.05) is 16.3 Å². The summed E-state index contributed by atoms with van der Waals surface area (Å²) < 4.78 is 16.5. The minimum Gasteiger partial charge on any atom is -0.234 e. The van der Waals surface area contributed by atoms with Crippen molar-refractivity contribution in [2.24, 2.45) is 4.40 Å². The summed E-state index contributed by atoms with van der Waals surface area (Å²) in [5, 5.41) is 0. The van der Waals surface area contributed by atoms with Gasteiger partial charge in [-0.05, 0) is 39.8 Å². The smallest absolute Gasteiger partial charge is 0.144 e. The Balaban J connectivity index is 2.93. The van der Waals surface area contributed by atoms with E-state index in [0.717, 1.165) is 15.6 Å². The van der Waals surface area contributed by atoms with Crippen LogP contribution in [-0.4, -0.2) is 15.2 Å². The summed E-state index contributed by atoms with van der Waals surface area (Å²) in [7, 11) is -1.20. The van der Waals surface area contributed by atoms with Crippen molar-refractivity contribution in [2.75, 3.05) is 0 Å². The Labute approximate surface area is 108 Å². The number of benzene rings is 1. The summed E-state index contributed by atoms with van der Waals surface area (Å²) in [5.74, 6) is 0. The number of aryl methyl sites for hydroxylation is 1. The van der Waals surface area contributed by atoms with E-state index < -0.39 is 11.0 Å². The molecule has 4 heteroatoms. The molecule has 0 spiro atoms. The zero-order chi connectivity index (χ0) is 12.3. The zero-order valence-corrected chi connectivity index (χ0v) is 12.4. The van der Waals surface area contributed by atoms with Gasteiger partial charge in [0.25, 0.3) is 0 Å². The second-order valence-electron chi connectivity index (χ2n) is 4.62. The maximum absolute atomic E-state index is 11.7. The third-order valence-corrected chi connectivity index (χ3v) is 4.03. The predicted octanol–water partition coefficient (Wildman–Crippen LogP) is 3.64. The molecule has 2 nitrogen and oxygen atoms in total.